The molecule has 0 aromatic heterocycles. The van der Waals surface area contributed by atoms with Crippen LogP contribution in [0, 0.1) is 0 Å². The Labute approximate surface area is 103 Å². The molecule has 2 N–H and O–H groups in total. The third-order valence-corrected chi connectivity index (χ3v) is 3.31. The second kappa shape index (κ2) is 11.4. The molecule has 0 rings (SSSR count). The Bertz CT molecular complexity index is 121. The Morgan fingerprint density at radius 1 is 0.688 bits per heavy atom. The van der Waals surface area contributed by atoms with Crippen LogP contribution in [0.15, 0.2) is 0 Å². The molecule has 0 aliphatic heterocycles. The zero-order valence-electron chi connectivity index (χ0n) is 11.8. The van der Waals surface area contributed by atoms with Gasteiger partial charge in [0.1, 0.15) is 0 Å². The van der Waals surface area contributed by atoms with Gasteiger partial charge in [-0.2, -0.15) is 0 Å². The van der Waals surface area contributed by atoms with Gasteiger partial charge >= 0.3 is 0 Å². The minimum atomic E-state index is 0.687. The summed E-state index contributed by atoms with van der Waals surface area (Å²) in [5, 5.41) is 7.07. The number of unbranched alkanes of at least 4 members (excludes halogenated alkanes) is 3. The van der Waals surface area contributed by atoms with E-state index in [4.69, 9.17) is 0 Å². The highest BCUT2D eigenvalue weighted by atomic mass is 14.9. The van der Waals surface area contributed by atoms with E-state index in [-0.39, 0.29) is 0 Å². The van der Waals surface area contributed by atoms with Gasteiger partial charge in [-0.25, -0.2) is 0 Å². The Hall–Kier alpha value is -0.0800. The van der Waals surface area contributed by atoms with Crippen LogP contribution in [0.3, 0.4) is 0 Å². The van der Waals surface area contributed by atoms with E-state index < -0.39 is 0 Å². The molecule has 2 atom stereocenters. The molecule has 0 saturated carbocycles. The summed E-state index contributed by atoms with van der Waals surface area (Å²) in [5.74, 6) is 0. The lowest BCUT2D eigenvalue weighted by Crippen LogP contribution is -2.26. The van der Waals surface area contributed by atoms with E-state index >= 15 is 0 Å². The predicted molar refractivity (Wildman–Crippen MR) is 74.0 cm³/mol. The number of rotatable bonds is 11. The Morgan fingerprint density at radius 2 is 1.06 bits per heavy atom. The highest BCUT2D eigenvalue weighted by Crippen LogP contribution is 1.99. The Kier molecular flexibility index (Phi) is 11.3. The van der Waals surface area contributed by atoms with E-state index in [2.05, 4.69) is 38.3 Å². The maximum Gasteiger partial charge on any atom is 0.00360 e. The lowest BCUT2D eigenvalue weighted by Gasteiger charge is -2.12. The molecule has 0 heterocycles. The van der Waals surface area contributed by atoms with Crippen molar-refractivity contribution in [3.05, 3.63) is 0 Å². The monoisotopic (exact) mass is 228 g/mol. The molecule has 0 radical (unpaired) electrons. The smallest absolute Gasteiger partial charge is 0.00360 e. The van der Waals surface area contributed by atoms with Gasteiger partial charge in [0.2, 0.25) is 0 Å². The van der Waals surface area contributed by atoms with Crippen molar-refractivity contribution in [2.75, 3.05) is 13.1 Å². The average Bonchev–Trinajstić information content (AvgIpc) is 2.31. The summed E-state index contributed by atoms with van der Waals surface area (Å²) < 4.78 is 0. The lowest BCUT2D eigenvalue weighted by molar-refractivity contribution is 0.487. The van der Waals surface area contributed by atoms with Crippen LogP contribution in [0.1, 0.15) is 66.2 Å². The van der Waals surface area contributed by atoms with Gasteiger partial charge in [-0.05, 0) is 52.6 Å². The molecule has 16 heavy (non-hydrogen) atoms. The summed E-state index contributed by atoms with van der Waals surface area (Å²) in [6.45, 7) is 11.4. The van der Waals surface area contributed by atoms with Gasteiger partial charge in [-0.1, -0.05) is 26.7 Å². The van der Waals surface area contributed by atoms with E-state index in [9.17, 15) is 0 Å². The van der Waals surface area contributed by atoms with Gasteiger partial charge in [0.25, 0.3) is 0 Å². The van der Waals surface area contributed by atoms with E-state index in [1.807, 2.05) is 0 Å². The zero-order chi connectivity index (χ0) is 12.2. The molecular weight excluding hydrogens is 196 g/mol. The van der Waals surface area contributed by atoms with E-state index in [1.54, 1.807) is 0 Å². The normalized spacial score (nSPS) is 15.0. The minimum absolute atomic E-state index is 0.687. The van der Waals surface area contributed by atoms with Crippen LogP contribution in [0.5, 0.6) is 0 Å². The van der Waals surface area contributed by atoms with Crippen molar-refractivity contribution in [3.63, 3.8) is 0 Å². The lowest BCUT2D eigenvalue weighted by atomic mass is 10.1. The quantitative estimate of drug-likeness (QED) is 0.530. The molecule has 2 heteroatoms. The van der Waals surface area contributed by atoms with E-state index in [0.29, 0.717) is 12.1 Å². The largest absolute Gasteiger partial charge is 0.314 e. The first-order valence-corrected chi connectivity index (χ1v) is 7.17. The van der Waals surface area contributed by atoms with Crippen molar-refractivity contribution in [2.45, 2.75) is 78.3 Å². The van der Waals surface area contributed by atoms with Crippen molar-refractivity contribution >= 4 is 0 Å². The summed E-state index contributed by atoms with van der Waals surface area (Å²) in [4.78, 5) is 0. The number of hydrogen-bond acceptors (Lipinski definition) is 2. The molecule has 0 spiro atoms. The van der Waals surface area contributed by atoms with Gasteiger partial charge in [0.05, 0.1) is 0 Å². The Morgan fingerprint density at radius 3 is 1.38 bits per heavy atom. The summed E-state index contributed by atoms with van der Waals surface area (Å²) in [5.41, 5.74) is 0. The number of nitrogens with one attached hydrogen (secondary N) is 2. The van der Waals surface area contributed by atoms with Crippen molar-refractivity contribution in [1.82, 2.24) is 10.6 Å². The van der Waals surface area contributed by atoms with Crippen LogP contribution < -0.4 is 10.6 Å². The van der Waals surface area contributed by atoms with E-state index in [0.717, 1.165) is 0 Å². The maximum atomic E-state index is 3.53. The van der Waals surface area contributed by atoms with Gasteiger partial charge in [0, 0.05) is 12.1 Å². The molecular formula is C14H32N2. The summed E-state index contributed by atoms with van der Waals surface area (Å²) >= 11 is 0. The standard InChI is InChI=1S/C14H32N2/c1-5-13(3)15-11-9-7-8-10-12-16-14(4)6-2/h13-16H,5-12H2,1-4H3. The predicted octanol–water partition coefficient (Wildman–Crippen LogP) is 3.32. The highest BCUT2D eigenvalue weighted by molar-refractivity contribution is 4.59. The minimum Gasteiger partial charge on any atom is -0.314 e. The number of hydrogen-bond donors (Lipinski definition) is 2. The molecule has 0 aromatic rings. The van der Waals surface area contributed by atoms with Gasteiger partial charge < -0.3 is 10.6 Å². The fraction of sp³-hybridized carbons (Fsp3) is 1.00. The molecule has 0 bridgehead atoms. The molecule has 0 saturated heterocycles. The molecule has 2 nitrogen and oxygen atoms in total. The van der Waals surface area contributed by atoms with Gasteiger partial charge in [-0.3, -0.25) is 0 Å². The summed E-state index contributed by atoms with van der Waals surface area (Å²) in [6, 6.07) is 1.37. The maximum absolute atomic E-state index is 3.53. The first-order chi connectivity index (χ1) is 7.70. The zero-order valence-corrected chi connectivity index (χ0v) is 11.8. The van der Waals surface area contributed by atoms with Crippen molar-refractivity contribution in [2.24, 2.45) is 0 Å². The topological polar surface area (TPSA) is 24.1 Å². The Balaban J connectivity index is 3.04. The fourth-order valence-corrected chi connectivity index (χ4v) is 1.59. The second-order valence-electron chi connectivity index (χ2n) is 4.94. The van der Waals surface area contributed by atoms with Crippen molar-refractivity contribution < 1.29 is 0 Å². The molecule has 0 fully saturated rings. The van der Waals surface area contributed by atoms with Crippen LogP contribution in [0.25, 0.3) is 0 Å². The first kappa shape index (κ1) is 15.9. The molecule has 0 aromatic carbocycles. The fourth-order valence-electron chi connectivity index (χ4n) is 1.59. The van der Waals surface area contributed by atoms with Crippen LogP contribution in [-0.2, 0) is 0 Å². The summed E-state index contributed by atoms with van der Waals surface area (Å²) in [6.07, 6.45) is 7.86. The highest BCUT2D eigenvalue weighted by Gasteiger charge is 1.97. The van der Waals surface area contributed by atoms with E-state index in [1.165, 1.54) is 51.6 Å². The van der Waals surface area contributed by atoms with Crippen molar-refractivity contribution in [3.8, 4) is 0 Å². The molecule has 0 aliphatic carbocycles. The molecule has 0 amide bonds. The van der Waals surface area contributed by atoms with Gasteiger partial charge in [0.15, 0.2) is 0 Å². The molecule has 98 valence electrons. The molecule has 0 aliphatic rings. The van der Waals surface area contributed by atoms with Crippen LogP contribution in [-0.4, -0.2) is 25.2 Å². The first-order valence-electron chi connectivity index (χ1n) is 7.17. The van der Waals surface area contributed by atoms with Gasteiger partial charge in [-0.15, -0.1) is 0 Å². The second-order valence-corrected chi connectivity index (χ2v) is 4.94. The van der Waals surface area contributed by atoms with Crippen LogP contribution in [0.4, 0.5) is 0 Å². The molecule has 2 unspecified atom stereocenters. The van der Waals surface area contributed by atoms with Crippen LogP contribution in [0.2, 0.25) is 0 Å². The third kappa shape index (κ3) is 10.4. The van der Waals surface area contributed by atoms with Crippen LogP contribution >= 0.6 is 0 Å². The van der Waals surface area contributed by atoms with Crippen molar-refractivity contribution in [1.29, 1.82) is 0 Å². The summed E-state index contributed by atoms with van der Waals surface area (Å²) in [7, 11) is 0. The SMILES string of the molecule is CCC(C)NCCCCCCNC(C)CC. The average molecular weight is 228 g/mol. The third-order valence-electron chi connectivity index (χ3n) is 3.31.